The summed E-state index contributed by atoms with van der Waals surface area (Å²) in [5, 5.41) is 8.95. The Kier molecular flexibility index (Phi) is 11.3. The van der Waals surface area contributed by atoms with Crippen molar-refractivity contribution in [3.05, 3.63) is 65.2 Å². The summed E-state index contributed by atoms with van der Waals surface area (Å²) < 4.78 is 5.63. The lowest BCUT2D eigenvalue weighted by Gasteiger charge is -2.14. The normalized spacial score (nSPS) is 10.5. The zero-order valence-corrected chi connectivity index (χ0v) is 19.4. The molecule has 2 aromatic carbocycles. The minimum absolute atomic E-state index is 0. The summed E-state index contributed by atoms with van der Waals surface area (Å²) >= 11 is 0. The van der Waals surface area contributed by atoms with Crippen LogP contribution >= 0.6 is 24.0 Å². The molecular weight excluding hydrogens is 497 g/mol. The molecule has 0 spiro atoms. The van der Waals surface area contributed by atoms with Gasteiger partial charge in [-0.05, 0) is 30.7 Å². The molecule has 0 saturated heterocycles. The first kappa shape index (κ1) is 25.2. The van der Waals surface area contributed by atoms with Crippen LogP contribution in [-0.4, -0.2) is 38.0 Å². The van der Waals surface area contributed by atoms with Gasteiger partial charge in [0, 0.05) is 31.3 Å². The highest BCUT2D eigenvalue weighted by atomic mass is 127. The van der Waals surface area contributed by atoms with E-state index in [4.69, 9.17) is 10.5 Å². The second-order valence-corrected chi connectivity index (χ2v) is 6.17. The van der Waals surface area contributed by atoms with Gasteiger partial charge in [-0.3, -0.25) is 14.6 Å². The summed E-state index contributed by atoms with van der Waals surface area (Å²) in [6.45, 7) is 3.50. The summed E-state index contributed by atoms with van der Waals surface area (Å²) in [5.41, 5.74) is 7.51. The number of halogens is 1. The maximum atomic E-state index is 11.9. The zero-order chi connectivity index (χ0) is 21.1. The molecule has 162 valence electrons. The molecule has 0 unspecified atom stereocenters. The molecule has 2 rings (SSSR count). The first-order valence-corrected chi connectivity index (χ1v) is 9.34. The summed E-state index contributed by atoms with van der Waals surface area (Å²) in [5.74, 6) is 0.582. The largest absolute Gasteiger partial charge is 0.494 e. The Labute approximate surface area is 193 Å². The Morgan fingerprint density at radius 3 is 2.30 bits per heavy atom. The van der Waals surface area contributed by atoms with Crippen molar-refractivity contribution in [2.45, 2.75) is 20.0 Å². The fourth-order valence-corrected chi connectivity index (χ4v) is 2.57. The van der Waals surface area contributed by atoms with Crippen molar-refractivity contribution in [1.82, 2.24) is 16.0 Å². The molecule has 0 fully saturated rings. The first-order chi connectivity index (χ1) is 14.0. The van der Waals surface area contributed by atoms with Gasteiger partial charge in [0.25, 0.3) is 5.91 Å². The molecule has 0 heterocycles. The van der Waals surface area contributed by atoms with Gasteiger partial charge in [0.05, 0.1) is 13.2 Å². The van der Waals surface area contributed by atoms with Crippen LogP contribution < -0.4 is 26.4 Å². The second kappa shape index (κ2) is 13.4. The molecule has 0 atom stereocenters. The van der Waals surface area contributed by atoms with Gasteiger partial charge >= 0.3 is 0 Å². The number of guanidine groups is 1. The SMILES string of the molecule is CCOc1ccccc1CNC(=NC)NCc1ccc(C(=O)NCC(N)=O)cc1.I. The van der Waals surface area contributed by atoms with Gasteiger partial charge in [0.2, 0.25) is 5.91 Å². The predicted octanol–water partition coefficient (Wildman–Crippen LogP) is 1.78. The zero-order valence-electron chi connectivity index (χ0n) is 17.1. The smallest absolute Gasteiger partial charge is 0.251 e. The number of carbonyl (C=O) groups is 2. The van der Waals surface area contributed by atoms with E-state index in [9.17, 15) is 9.59 Å². The number of rotatable bonds is 9. The van der Waals surface area contributed by atoms with Crippen LogP contribution in [0.2, 0.25) is 0 Å². The molecular formula is C21H28IN5O3. The standard InChI is InChI=1S/C21H27N5O3.HI/c1-3-29-18-7-5-4-6-17(18)13-26-21(23-2)25-12-15-8-10-16(11-9-15)20(28)24-14-19(22)27;/h4-11H,3,12-14H2,1-2H3,(H2,22,27)(H,24,28)(H2,23,25,26);1H. The molecule has 30 heavy (non-hydrogen) atoms. The van der Waals surface area contributed by atoms with E-state index in [0.29, 0.717) is 31.2 Å². The van der Waals surface area contributed by atoms with Gasteiger partial charge in [-0.2, -0.15) is 0 Å². The lowest BCUT2D eigenvalue weighted by Crippen LogP contribution is -2.36. The average molecular weight is 525 g/mol. The molecule has 0 aliphatic carbocycles. The average Bonchev–Trinajstić information content (AvgIpc) is 2.73. The minimum Gasteiger partial charge on any atom is -0.494 e. The van der Waals surface area contributed by atoms with Gasteiger partial charge in [0.1, 0.15) is 5.75 Å². The molecule has 0 bridgehead atoms. The number of primary amides is 1. The number of ether oxygens (including phenoxy) is 1. The number of nitrogens with two attached hydrogens (primary N) is 1. The number of hydrogen-bond acceptors (Lipinski definition) is 4. The topological polar surface area (TPSA) is 118 Å². The van der Waals surface area contributed by atoms with Gasteiger partial charge in [-0.1, -0.05) is 30.3 Å². The third-order valence-corrected chi connectivity index (χ3v) is 4.04. The number of amides is 2. The maximum Gasteiger partial charge on any atom is 0.251 e. The molecule has 2 amide bonds. The summed E-state index contributed by atoms with van der Waals surface area (Å²) in [6, 6.07) is 14.9. The van der Waals surface area contributed by atoms with E-state index in [1.54, 1.807) is 19.2 Å². The highest BCUT2D eigenvalue weighted by Crippen LogP contribution is 2.17. The van der Waals surface area contributed by atoms with Crippen molar-refractivity contribution >= 4 is 41.8 Å². The predicted molar refractivity (Wildman–Crippen MR) is 128 cm³/mol. The van der Waals surface area contributed by atoms with Crippen molar-refractivity contribution in [3.8, 4) is 5.75 Å². The highest BCUT2D eigenvalue weighted by molar-refractivity contribution is 14.0. The number of nitrogens with zero attached hydrogens (tertiary/aromatic N) is 1. The van der Waals surface area contributed by atoms with E-state index in [1.807, 2.05) is 43.3 Å². The number of benzene rings is 2. The van der Waals surface area contributed by atoms with Crippen LogP contribution in [0.3, 0.4) is 0 Å². The molecule has 8 nitrogen and oxygen atoms in total. The summed E-state index contributed by atoms with van der Waals surface area (Å²) in [4.78, 5) is 26.9. The van der Waals surface area contributed by atoms with Crippen molar-refractivity contribution in [2.24, 2.45) is 10.7 Å². The van der Waals surface area contributed by atoms with E-state index < -0.39 is 5.91 Å². The maximum absolute atomic E-state index is 11.9. The molecule has 0 saturated carbocycles. The lowest BCUT2D eigenvalue weighted by atomic mass is 10.1. The number of hydrogen-bond donors (Lipinski definition) is 4. The van der Waals surface area contributed by atoms with Gasteiger partial charge < -0.3 is 26.4 Å². The first-order valence-electron chi connectivity index (χ1n) is 9.34. The van der Waals surface area contributed by atoms with Crippen molar-refractivity contribution in [1.29, 1.82) is 0 Å². The molecule has 5 N–H and O–H groups in total. The fourth-order valence-electron chi connectivity index (χ4n) is 2.57. The number of aliphatic imine (C=N–C) groups is 1. The molecule has 9 heteroatoms. The molecule has 2 aromatic rings. The quantitative estimate of drug-likeness (QED) is 0.226. The molecule has 0 radical (unpaired) electrons. The molecule has 0 aliphatic rings. The van der Waals surface area contributed by atoms with Crippen LogP contribution in [0, 0.1) is 0 Å². The Hall–Kier alpha value is -2.82. The van der Waals surface area contributed by atoms with Crippen LogP contribution in [0.4, 0.5) is 0 Å². The van der Waals surface area contributed by atoms with E-state index in [-0.39, 0.29) is 36.4 Å². The third kappa shape index (κ3) is 8.27. The van der Waals surface area contributed by atoms with Crippen LogP contribution in [0.25, 0.3) is 0 Å². The van der Waals surface area contributed by atoms with Gasteiger partial charge in [0.15, 0.2) is 5.96 Å². The van der Waals surface area contributed by atoms with E-state index in [2.05, 4.69) is 20.9 Å². The van der Waals surface area contributed by atoms with Crippen molar-refractivity contribution in [2.75, 3.05) is 20.2 Å². The van der Waals surface area contributed by atoms with Crippen molar-refractivity contribution in [3.63, 3.8) is 0 Å². The lowest BCUT2D eigenvalue weighted by molar-refractivity contribution is -0.117. The third-order valence-electron chi connectivity index (χ3n) is 4.04. The van der Waals surface area contributed by atoms with Crippen LogP contribution in [0.15, 0.2) is 53.5 Å². The molecule has 0 aromatic heterocycles. The van der Waals surface area contributed by atoms with E-state index in [0.717, 1.165) is 16.9 Å². The Morgan fingerprint density at radius 1 is 1.00 bits per heavy atom. The van der Waals surface area contributed by atoms with E-state index >= 15 is 0 Å². The van der Waals surface area contributed by atoms with Crippen LogP contribution in [-0.2, 0) is 17.9 Å². The fraction of sp³-hybridized carbons (Fsp3) is 0.286. The Bertz CT molecular complexity index is 856. The van der Waals surface area contributed by atoms with Gasteiger partial charge in [-0.15, -0.1) is 24.0 Å². The molecule has 0 aliphatic heterocycles. The monoisotopic (exact) mass is 525 g/mol. The Balaban J connectivity index is 0.00000450. The minimum atomic E-state index is -0.582. The van der Waals surface area contributed by atoms with Gasteiger partial charge in [-0.25, -0.2) is 0 Å². The van der Waals surface area contributed by atoms with E-state index in [1.165, 1.54) is 0 Å². The number of para-hydroxylation sites is 1. The highest BCUT2D eigenvalue weighted by Gasteiger charge is 2.07. The van der Waals surface area contributed by atoms with Crippen LogP contribution in [0.5, 0.6) is 5.75 Å². The summed E-state index contributed by atoms with van der Waals surface area (Å²) in [7, 11) is 1.70. The number of carbonyl (C=O) groups excluding carboxylic acids is 2. The Morgan fingerprint density at radius 2 is 1.67 bits per heavy atom. The van der Waals surface area contributed by atoms with Crippen molar-refractivity contribution < 1.29 is 14.3 Å². The number of nitrogens with one attached hydrogen (secondary N) is 3. The second-order valence-electron chi connectivity index (χ2n) is 6.17. The summed E-state index contributed by atoms with van der Waals surface area (Å²) in [6.07, 6.45) is 0. The van der Waals surface area contributed by atoms with Crippen LogP contribution in [0.1, 0.15) is 28.4 Å².